The molecule has 152 valence electrons. The fraction of sp³-hybridized carbons (Fsp3) is 0.350. The molecule has 2 aromatic heterocycles. The zero-order valence-corrected chi connectivity index (χ0v) is 15.8. The van der Waals surface area contributed by atoms with Gasteiger partial charge in [-0.05, 0) is 49.2 Å². The molecular formula is C20H20F3N5O. The molecule has 0 unspecified atom stereocenters. The first-order valence-corrected chi connectivity index (χ1v) is 9.36. The van der Waals surface area contributed by atoms with Crippen LogP contribution in [-0.4, -0.2) is 33.5 Å². The lowest BCUT2D eigenvalue weighted by atomic mass is 9.93. The largest absolute Gasteiger partial charge is 0.416 e. The maximum Gasteiger partial charge on any atom is 0.416 e. The van der Waals surface area contributed by atoms with Gasteiger partial charge in [0, 0.05) is 31.6 Å². The first-order valence-electron chi connectivity index (χ1n) is 9.36. The number of fused-ring (bicyclic) bond motifs is 1. The molecule has 29 heavy (non-hydrogen) atoms. The van der Waals surface area contributed by atoms with Crippen molar-refractivity contribution in [3.05, 3.63) is 48.0 Å². The molecule has 0 saturated heterocycles. The predicted molar refractivity (Wildman–Crippen MR) is 103 cm³/mol. The van der Waals surface area contributed by atoms with E-state index < -0.39 is 11.7 Å². The number of hydrogen-bond donors (Lipinski definition) is 1. The normalized spacial score (nSPS) is 15.7. The number of carbonyl (C=O) groups excluding carboxylic acids is 1. The molecule has 9 heteroatoms. The van der Waals surface area contributed by atoms with E-state index in [2.05, 4.69) is 20.3 Å². The minimum absolute atomic E-state index is 0.244. The van der Waals surface area contributed by atoms with Gasteiger partial charge in [-0.2, -0.15) is 22.7 Å². The van der Waals surface area contributed by atoms with Gasteiger partial charge < -0.3 is 10.2 Å². The lowest BCUT2D eigenvalue weighted by Gasteiger charge is -2.32. The van der Waals surface area contributed by atoms with Gasteiger partial charge in [0.2, 0.25) is 5.95 Å². The van der Waals surface area contributed by atoms with E-state index in [0.717, 1.165) is 30.8 Å². The summed E-state index contributed by atoms with van der Waals surface area (Å²) < 4.78 is 39.8. The van der Waals surface area contributed by atoms with Gasteiger partial charge in [0.05, 0.1) is 5.56 Å². The Kier molecular flexibility index (Phi) is 4.89. The van der Waals surface area contributed by atoms with Crippen LogP contribution >= 0.6 is 0 Å². The highest BCUT2D eigenvalue weighted by Crippen LogP contribution is 2.30. The molecule has 4 rings (SSSR count). The minimum Gasteiger partial charge on any atom is -0.357 e. The van der Waals surface area contributed by atoms with Crippen LogP contribution in [0.3, 0.4) is 0 Å². The molecule has 1 saturated carbocycles. The molecule has 0 spiro atoms. The third kappa shape index (κ3) is 4.03. The molecule has 0 atom stereocenters. The summed E-state index contributed by atoms with van der Waals surface area (Å²) in [6.45, 7) is 0. The van der Waals surface area contributed by atoms with Gasteiger partial charge in [0.15, 0.2) is 5.65 Å². The number of ketones is 1. The molecule has 1 fully saturated rings. The van der Waals surface area contributed by atoms with E-state index in [1.54, 1.807) is 4.52 Å². The van der Waals surface area contributed by atoms with E-state index >= 15 is 0 Å². The zero-order chi connectivity index (χ0) is 20.6. The summed E-state index contributed by atoms with van der Waals surface area (Å²) in [4.78, 5) is 18.0. The second-order valence-electron chi connectivity index (χ2n) is 7.17. The standard InChI is InChI=1S/C20H20F3N5O/c1-27(15-9-11-16(29)12-10-15)18-4-2-3-17-25-19(26-28(17)18)24-14-7-5-13(6-8-14)20(21,22)23/h2-8,15H,9-12H2,1H3,(H,24,26). The Balaban J connectivity index is 1.57. The van der Waals surface area contributed by atoms with Crippen molar-refractivity contribution < 1.29 is 18.0 Å². The van der Waals surface area contributed by atoms with Gasteiger partial charge >= 0.3 is 6.18 Å². The molecule has 1 aliphatic carbocycles. The van der Waals surface area contributed by atoms with Crippen molar-refractivity contribution in [2.75, 3.05) is 17.3 Å². The summed E-state index contributed by atoms with van der Waals surface area (Å²) in [6, 6.07) is 10.6. The molecule has 6 nitrogen and oxygen atoms in total. The Morgan fingerprint density at radius 3 is 2.45 bits per heavy atom. The van der Waals surface area contributed by atoms with Crippen LogP contribution in [0.4, 0.5) is 30.6 Å². The van der Waals surface area contributed by atoms with Crippen LogP contribution in [0.2, 0.25) is 0 Å². The van der Waals surface area contributed by atoms with E-state index in [1.165, 1.54) is 12.1 Å². The van der Waals surface area contributed by atoms with Gasteiger partial charge in [0.25, 0.3) is 0 Å². The lowest BCUT2D eigenvalue weighted by molar-refractivity contribution is -0.137. The molecule has 1 N–H and O–H groups in total. The molecule has 0 aliphatic heterocycles. The second-order valence-corrected chi connectivity index (χ2v) is 7.17. The van der Waals surface area contributed by atoms with E-state index in [4.69, 9.17) is 0 Å². The van der Waals surface area contributed by atoms with Gasteiger partial charge in [0.1, 0.15) is 11.6 Å². The first kappa shape index (κ1) is 19.2. The Morgan fingerprint density at radius 2 is 1.79 bits per heavy atom. The number of hydrogen-bond acceptors (Lipinski definition) is 5. The highest BCUT2D eigenvalue weighted by molar-refractivity contribution is 5.79. The average Bonchev–Trinajstić information content (AvgIpc) is 3.10. The Hall–Kier alpha value is -3.10. The summed E-state index contributed by atoms with van der Waals surface area (Å²) in [5.41, 5.74) is 0.381. The van der Waals surface area contributed by atoms with Crippen LogP contribution in [0.25, 0.3) is 5.65 Å². The molecule has 0 amide bonds. The Labute approximate surface area is 165 Å². The topological polar surface area (TPSA) is 62.5 Å². The van der Waals surface area contributed by atoms with E-state index in [9.17, 15) is 18.0 Å². The summed E-state index contributed by atoms with van der Waals surface area (Å²) in [7, 11) is 1.97. The maximum atomic E-state index is 12.7. The number of rotatable bonds is 4. The number of pyridine rings is 1. The van der Waals surface area contributed by atoms with Crippen molar-refractivity contribution in [3.63, 3.8) is 0 Å². The molecule has 2 heterocycles. The van der Waals surface area contributed by atoms with Crippen LogP contribution in [-0.2, 0) is 11.0 Å². The maximum absolute atomic E-state index is 12.7. The van der Waals surface area contributed by atoms with Gasteiger partial charge in [-0.3, -0.25) is 4.79 Å². The third-order valence-corrected chi connectivity index (χ3v) is 5.23. The van der Waals surface area contributed by atoms with Gasteiger partial charge in [-0.25, -0.2) is 0 Å². The molecule has 1 aromatic carbocycles. The van der Waals surface area contributed by atoms with Gasteiger partial charge in [-0.1, -0.05) is 6.07 Å². The number of halogens is 3. The Bertz CT molecular complexity index is 1020. The lowest BCUT2D eigenvalue weighted by Crippen LogP contribution is -2.36. The first-order chi connectivity index (χ1) is 13.8. The number of anilines is 3. The number of benzene rings is 1. The smallest absolute Gasteiger partial charge is 0.357 e. The van der Waals surface area contributed by atoms with Crippen molar-refractivity contribution in [1.29, 1.82) is 0 Å². The zero-order valence-electron chi connectivity index (χ0n) is 15.8. The van der Waals surface area contributed by atoms with Crippen molar-refractivity contribution in [2.24, 2.45) is 0 Å². The van der Waals surface area contributed by atoms with Gasteiger partial charge in [-0.15, -0.1) is 5.10 Å². The van der Waals surface area contributed by atoms with Crippen LogP contribution in [0.1, 0.15) is 31.2 Å². The van der Waals surface area contributed by atoms with Crippen LogP contribution in [0.5, 0.6) is 0 Å². The molecule has 1 aliphatic rings. The third-order valence-electron chi connectivity index (χ3n) is 5.23. The minimum atomic E-state index is -4.37. The number of nitrogens with zero attached hydrogens (tertiary/aromatic N) is 4. The fourth-order valence-electron chi connectivity index (χ4n) is 3.58. The molecule has 0 radical (unpaired) electrons. The molecule has 3 aromatic rings. The Morgan fingerprint density at radius 1 is 1.10 bits per heavy atom. The second kappa shape index (κ2) is 7.38. The fourth-order valence-corrected chi connectivity index (χ4v) is 3.58. The summed E-state index contributed by atoms with van der Waals surface area (Å²) >= 11 is 0. The number of Topliss-reactive ketones (excluding diaryl/α,β-unsaturated/α-hetero) is 1. The van der Waals surface area contributed by atoms with Crippen molar-refractivity contribution >= 4 is 28.9 Å². The monoisotopic (exact) mass is 403 g/mol. The predicted octanol–water partition coefficient (Wildman–Crippen LogP) is 4.44. The van der Waals surface area contributed by atoms with Crippen LogP contribution < -0.4 is 10.2 Å². The van der Waals surface area contributed by atoms with Crippen molar-refractivity contribution in [3.8, 4) is 0 Å². The van der Waals surface area contributed by atoms with Crippen molar-refractivity contribution in [2.45, 2.75) is 37.9 Å². The quantitative estimate of drug-likeness (QED) is 0.698. The van der Waals surface area contributed by atoms with Crippen LogP contribution in [0, 0.1) is 0 Å². The van der Waals surface area contributed by atoms with E-state index in [-0.39, 0.29) is 6.04 Å². The average molecular weight is 403 g/mol. The number of carbonyl (C=O) groups is 1. The number of aromatic nitrogens is 3. The summed E-state index contributed by atoms with van der Waals surface area (Å²) in [5, 5.41) is 7.42. The number of nitrogens with one attached hydrogen (secondary N) is 1. The van der Waals surface area contributed by atoms with Crippen molar-refractivity contribution in [1.82, 2.24) is 14.6 Å². The summed E-state index contributed by atoms with van der Waals surface area (Å²) in [6.07, 6.45) is -1.59. The van der Waals surface area contributed by atoms with E-state index in [0.29, 0.717) is 35.9 Å². The van der Waals surface area contributed by atoms with E-state index in [1.807, 2.05) is 25.2 Å². The number of alkyl halides is 3. The SMILES string of the molecule is CN(c1cccc2nc(Nc3ccc(C(F)(F)F)cc3)nn12)C1CCC(=O)CC1. The summed E-state index contributed by atoms with van der Waals surface area (Å²) in [5.74, 6) is 1.44. The highest BCUT2D eigenvalue weighted by atomic mass is 19.4. The molecular weight excluding hydrogens is 383 g/mol. The molecule has 0 bridgehead atoms. The highest BCUT2D eigenvalue weighted by Gasteiger charge is 2.30. The van der Waals surface area contributed by atoms with Crippen LogP contribution in [0.15, 0.2) is 42.5 Å².